The van der Waals surface area contributed by atoms with Gasteiger partial charge in [-0.15, -0.1) is 0 Å². The molecule has 154 valence electrons. The molecule has 2 N–H and O–H groups in total. The van der Waals surface area contributed by atoms with E-state index in [0.29, 0.717) is 5.56 Å². The molecule has 0 unspecified atom stereocenters. The van der Waals surface area contributed by atoms with Gasteiger partial charge in [-0.25, -0.2) is 4.79 Å². The van der Waals surface area contributed by atoms with Crippen LogP contribution in [0.1, 0.15) is 44.7 Å². The first-order valence-electron chi connectivity index (χ1n) is 8.26. The second-order valence-corrected chi connectivity index (χ2v) is 8.74. The molecule has 0 radical (unpaired) electrons. The molecule has 0 aromatic heterocycles. The van der Waals surface area contributed by atoms with Crippen molar-refractivity contribution in [3.8, 4) is 0 Å². The Morgan fingerprint density at radius 3 is 2.19 bits per heavy atom. The van der Waals surface area contributed by atoms with Crippen molar-refractivity contribution in [1.82, 2.24) is 5.32 Å². The minimum atomic E-state index is -4.44. The highest BCUT2D eigenvalue weighted by Gasteiger charge is 2.30. The van der Waals surface area contributed by atoms with Crippen LogP contribution in [0.25, 0.3) is 0 Å². The third-order valence-corrected chi connectivity index (χ3v) is 4.24. The lowest BCUT2D eigenvalue weighted by Crippen LogP contribution is -2.40. The van der Waals surface area contributed by atoms with Crippen LogP contribution in [0, 0.1) is 0 Å². The first-order valence-corrected chi connectivity index (χ1v) is 9.87. The molecule has 1 rings (SSSR count). The highest BCUT2D eigenvalue weighted by atomic mass is 32.2. The number of hydrogen-bond donors (Lipinski definition) is 2. The normalized spacial score (nSPS) is 13.9. The lowest BCUT2D eigenvalue weighted by atomic mass is 10.0. The van der Waals surface area contributed by atoms with Gasteiger partial charge >= 0.3 is 12.3 Å². The quantitative estimate of drug-likeness (QED) is 0.666. The van der Waals surface area contributed by atoms with Crippen molar-refractivity contribution in [1.29, 1.82) is 0 Å². The molecule has 0 aliphatic carbocycles. The van der Waals surface area contributed by atoms with Crippen molar-refractivity contribution in [3.05, 3.63) is 35.4 Å². The smallest absolute Gasteiger partial charge is 0.416 e. The predicted molar refractivity (Wildman–Crippen MR) is 94.0 cm³/mol. The van der Waals surface area contributed by atoms with E-state index in [1.54, 1.807) is 20.8 Å². The van der Waals surface area contributed by atoms with Crippen molar-refractivity contribution in [2.45, 2.75) is 57.9 Å². The van der Waals surface area contributed by atoms with Crippen LogP contribution in [0.4, 0.5) is 18.0 Å². The van der Waals surface area contributed by atoms with Crippen LogP contribution in [0.5, 0.6) is 0 Å². The van der Waals surface area contributed by atoms with Gasteiger partial charge < -0.3 is 10.1 Å². The van der Waals surface area contributed by atoms with E-state index in [9.17, 15) is 26.4 Å². The zero-order valence-corrected chi connectivity index (χ0v) is 16.2. The molecule has 1 amide bonds. The number of carbonyl (C=O) groups is 1. The van der Waals surface area contributed by atoms with Crippen molar-refractivity contribution in [3.63, 3.8) is 0 Å². The van der Waals surface area contributed by atoms with Gasteiger partial charge in [0.2, 0.25) is 0 Å². The molecule has 0 aliphatic rings. The maximum atomic E-state index is 12.6. The molecule has 1 aromatic carbocycles. The molecular formula is C17H24F3NO5S. The minimum absolute atomic E-state index is 0.0694. The predicted octanol–water partition coefficient (Wildman–Crippen LogP) is 3.81. The largest absolute Gasteiger partial charge is 0.444 e. The van der Waals surface area contributed by atoms with E-state index in [1.807, 2.05) is 0 Å². The summed E-state index contributed by atoms with van der Waals surface area (Å²) in [6, 6.07) is 3.92. The third kappa shape index (κ3) is 10.2. The molecule has 0 saturated carbocycles. The second kappa shape index (κ2) is 8.92. The first-order chi connectivity index (χ1) is 12.2. The van der Waals surface area contributed by atoms with Crippen LogP contribution in [0.15, 0.2) is 24.3 Å². The van der Waals surface area contributed by atoms with E-state index in [-0.39, 0.29) is 19.3 Å². The Hall–Kier alpha value is -1.81. The van der Waals surface area contributed by atoms with Gasteiger partial charge in [-0.3, -0.25) is 4.55 Å². The molecule has 0 heterocycles. The summed E-state index contributed by atoms with van der Waals surface area (Å²) in [5, 5.41) is 2.59. The van der Waals surface area contributed by atoms with Gasteiger partial charge in [0.1, 0.15) is 5.60 Å². The molecular weight excluding hydrogens is 387 g/mol. The minimum Gasteiger partial charge on any atom is -0.444 e. The SMILES string of the molecule is CC(C)(C)OC(=O)N[C@@H](CCCS(=O)(=O)O)Cc1ccc(C(F)(F)F)cc1. The lowest BCUT2D eigenvalue weighted by Gasteiger charge is -2.24. The number of halogens is 3. The molecule has 0 bridgehead atoms. The van der Waals surface area contributed by atoms with Gasteiger partial charge in [-0.1, -0.05) is 12.1 Å². The number of nitrogens with one attached hydrogen (secondary N) is 1. The van der Waals surface area contributed by atoms with Gasteiger partial charge in [0.05, 0.1) is 11.3 Å². The summed E-state index contributed by atoms with van der Waals surface area (Å²) >= 11 is 0. The summed E-state index contributed by atoms with van der Waals surface area (Å²) in [6.07, 6.45) is -4.71. The van der Waals surface area contributed by atoms with Crippen LogP contribution in [-0.2, 0) is 27.5 Å². The summed E-state index contributed by atoms with van der Waals surface area (Å²) in [5.74, 6) is -0.480. The van der Waals surface area contributed by atoms with Gasteiger partial charge in [0.25, 0.3) is 10.1 Å². The number of rotatable bonds is 7. The fourth-order valence-corrected chi connectivity index (χ4v) is 2.86. The Labute approximate surface area is 156 Å². The fourth-order valence-electron chi connectivity index (χ4n) is 2.33. The number of benzene rings is 1. The topological polar surface area (TPSA) is 92.7 Å². The Morgan fingerprint density at radius 2 is 1.74 bits per heavy atom. The highest BCUT2D eigenvalue weighted by molar-refractivity contribution is 7.85. The molecule has 0 aliphatic heterocycles. The summed E-state index contributed by atoms with van der Waals surface area (Å²) < 4.78 is 73.6. The second-order valence-electron chi connectivity index (χ2n) is 7.17. The van der Waals surface area contributed by atoms with E-state index < -0.39 is 45.3 Å². The van der Waals surface area contributed by atoms with Crippen molar-refractivity contribution < 1.29 is 35.7 Å². The third-order valence-electron chi connectivity index (χ3n) is 3.44. The molecule has 6 nitrogen and oxygen atoms in total. The van der Waals surface area contributed by atoms with Crippen LogP contribution in [0.2, 0.25) is 0 Å². The molecule has 1 aromatic rings. The van der Waals surface area contributed by atoms with E-state index in [1.165, 1.54) is 12.1 Å². The number of alkyl halides is 3. The van der Waals surface area contributed by atoms with Gasteiger partial charge in [0.15, 0.2) is 0 Å². The zero-order chi connectivity index (χ0) is 20.9. The van der Waals surface area contributed by atoms with Crippen molar-refractivity contribution in [2.24, 2.45) is 0 Å². The van der Waals surface area contributed by atoms with E-state index >= 15 is 0 Å². The summed E-state index contributed by atoms with van der Waals surface area (Å²) in [7, 11) is -4.14. The standard InChI is InChI=1S/C17H24F3NO5S/c1-16(2,3)26-15(22)21-14(5-4-10-27(23,24)25)11-12-6-8-13(9-7-12)17(18,19)20/h6-9,14H,4-5,10-11H2,1-3H3,(H,21,22)(H,23,24,25)/t14-/m0/s1. The maximum Gasteiger partial charge on any atom is 0.416 e. The lowest BCUT2D eigenvalue weighted by molar-refractivity contribution is -0.137. The average molecular weight is 411 g/mol. The first kappa shape index (κ1) is 23.2. The monoisotopic (exact) mass is 411 g/mol. The number of carbonyl (C=O) groups excluding carboxylic acids is 1. The zero-order valence-electron chi connectivity index (χ0n) is 15.3. The number of amides is 1. The number of alkyl carbamates (subject to hydrolysis) is 1. The summed E-state index contributed by atoms with van der Waals surface area (Å²) in [6.45, 7) is 5.03. The van der Waals surface area contributed by atoms with Crippen LogP contribution < -0.4 is 5.32 Å². The molecule has 0 saturated heterocycles. The maximum absolute atomic E-state index is 12.6. The van der Waals surface area contributed by atoms with Crippen molar-refractivity contribution >= 4 is 16.2 Å². The molecule has 27 heavy (non-hydrogen) atoms. The molecule has 1 atom stereocenters. The average Bonchev–Trinajstić information content (AvgIpc) is 2.43. The highest BCUT2D eigenvalue weighted by Crippen LogP contribution is 2.29. The number of hydrogen-bond acceptors (Lipinski definition) is 4. The van der Waals surface area contributed by atoms with Crippen LogP contribution >= 0.6 is 0 Å². The van der Waals surface area contributed by atoms with E-state index in [4.69, 9.17) is 9.29 Å². The van der Waals surface area contributed by atoms with Crippen LogP contribution in [0.3, 0.4) is 0 Å². The Morgan fingerprint density at radius 1 is 1.19 bits per heavy atom. The van der Waals surface area contributed by atoms with Gasteiger partial charge in [0, 0.05) is 6.04 Å². The number of ether oxygens (including phenoxy) is 1. The molecule has 0 fully saturated rings. The Kier molecular flexibility index (Phi) is 7.67. The molecule has 10 heteroatoms. The Bertz CT molecular complexity index is 724. The van der Waals surface area contributed by atoms with Gasteiger partial charge in [-0.05, 0) is 57.7 Å². The van der Waals surface area contributed by atoms with Crippen molar-refractivity contribution in [2.75, 3.05) is 5.75 Å². The van der Waals surface area contributed by atoms with Gasteiger partial charge in [-0.2, -0.15) is 21.6 Å². The summed E-state index contributed by atoms with van der Waals surface area (Å²) in [4.78, 5) is 12.0. The van der Waals surface area contributed by atoms with E-state index in [2.05, 4.69) is 5.32 Å². The fraction of sp³-hybridized carbons (Fsp3) is 0.588. The van der Waals surface area contributed by atoms with E-state index in [0.717, 1.165) is 12.1 Å². The summed E-state index contributed by atoms with van der Waals surface area (Å²) in [5.41, 5.74) is -0.984. The Balaban J connectivity index is 2.81. The van der Waals surface area contributed by atoms with Crippen LogP contribution in [-0.4, -0.2) is 36.5 Å². The molecule has 0 spiro atoms.